The first-order valence-electron chi connectivity index (χ1n) is 3.29. The SMILES string of the molecule is COC(=O)[C@H](CCSC)NN. The zero-order valence-electron chi connectivity index (χ0n) is 6.79. The molecular formula is C6H14N2O2S. The van der Waals surface area contributed by atoms with E-state index in [1.165, 1.54) is 7.11 Å². The van der Waals surface area contributed by atoms with Crippen LogP contribution in [0, 0.1) is 0 Å². The van der Waals surface area contributed by atoms with E-state index < -0.39 is 0 Å². The van der Waals surface area contributed by atoms with Crippen molar-refractivity contribution in [2.45, 2.75) is 12.5 Å². The van der Waals surface area contributed by atoms with Crippen molar-refractivity contribution in [3.8, 4) is 0 Å². The number of esters is 1. The molecule has 4 nitrogen and oxygen atoms in total. The smallest absolute Gasteiger partial charge is 0.324 e. The zero-order valence-corrected chi connectivity index (χ0v) is 7.61. The predicted octanol–water partition coefficient (Wildman–Crippen LogP) is -0.256. The molecule has 0 fully saturated rings. The number of carbonyl (C=O) groups is 1. The van der Waals surface area contributed by atoms with Crippen molar-refractivity contribution in [1.29, 1.82) is 0 Å². The van der Waals surface area contributed by atoms with E-state index in [1.807, 2.05) is 6.26 Å². The maximum absolute atomic E-state index is 10.9. The Bertz CT molecular complexity index is 121. The second-order valence-corrected chi connectivity index (χ2v) is 3.01. The van der Waals surface area contributed by atoms with Crippen molar-refractivity contribution >= 4 is 17.7 Å². The fraction of sp³-hybridized carbons (Fsp3) is 0.833. The molecule has 0 unspecified atom stereocenters. The van der Waals surface area contributed by atoms with Crippen LogP contribution in [0.25, 0.3) is 0 Å². The van der Waals surface area contributed by atoms with Gasteiger partial charge in [-0.05, 0) is 18.4 Å². The van der Waals surface area contributed by atoms with E-state index in [0.29, 0.717) is 6.42 Å². The van der Waals surface area contributed by atoms with Gasteiger partial charge in [0.05, 0.1) is 7.11 Å². The Morgan fingerprint density at radius 3 is 2.82 bits per heavy atom. The molecule has 0 aliphatic carbocycles. The van der Waals surface area contributed by atoms with Crippen LogP contribution in [-0.2, 0) is 9.53 Å². The average Bonchev–Trinajstić information content (AvgIpc) is 2.05. The summed E-state index contributed by atoms with van der Waals surface area (Å²) >= 11 is 1.67. The monoisotopic (exact) mass is 178 g/mol. The van der Waals surface area contributed by atoms with E-state index in [9.17, 15) is 4.79 Å². The number of carbonyl (C=O) groups excluding carboxylic acids is 1. The molecule has 0 bridgehead atoms. The van der Waals surface area contributed by atoms with Gasteiger partial charge in [0.1, 0.15) is 6.04 Å². The summed E-state index contributed by atoms with van der Waals surface area (Å²) in [5, 5.41) is 0. The summed E-state index contributed by atoms with van der Waals surface area (Å²) in [6.45, 7) is 0. The number of rotatable bonds is 5. The highest BCUT2D eigenvalue weighted by Gasteiger charge is 2.15. The zero-order chi connectivity index (χ0) is 8.69. The molecule has 3 N–H and O–H groups in total. The van der Waals surface area contributed by atoms with Crippen molar-refractivity contribution in [3.63, 3.8) is 0 Å². The minimum absolute atomic E-state index is 0.304. The number of ether oxygens (including phenoxy) is 1. The molecule has 0 aromatic rings. The predicted molar refractivity (Wildman–Crippen MR) is 46.1 cm³/mol. The van der Waals surface area contributed by atoms with Gasteiger partial charge in [-0.3, -0.25) is 10.6 Å². The van der Waals surface area contributed by atoms with E-state index in [1.54, 1.807) is 11.8 Å². The summed E-state index contributed by atoms with van der Waals surface area (Å²) in [4.78, 5) is 10.9. The number of thioether (sulfide) groups is 1. The lowest BCUT2D eigenvalue weighted by molar-refractivity contribution is -0.143. The van der Waals surface area contributed by atoms with E-state index >= 15 is 0 Å². The molecule has 0 aliphatic rings. The van der Waals surface area contributed by atoms with Crippen molar-refractivity contribution in [2.24, 2.45) is 5.84 Å². The summed E-state index contributed by atoms with van der Waals surface area (Å²) in [6.07, 6.45) is 2.68. The Balaban J connectivity index is 3.65. The van der Waals surface area contributed by atoms with Crippen molar-refractivity contribution < 1.29 is 9.53 Å². The fourth-order valence-electron chi connectivity index (χ4n) is 0.647. The van der Waals surface area contributed by atoms with Gasteiger partial charge in [-0.25, -0.2) is 5.43 Å². The number of methoxy groups -OCH3 is 1. The first kappa shape index (κ1) is 10.7. The lowest BCUT2D eigenvalue weighted by Crippen LogP contribution is -2.42. The highest BCUT2D eigenvalue weighted by Crippen LogP contribution is 2.00. The molecule has 0 rings (SSSR count). The fourth-order valence-corrected chi connectivity index (χ4v) is 1.12. The van der Waals surface area contributed by atoms with Crippen LogP contribution in [0.5, 0.6) is 0 Å². The van der Waals surface area contributed by atoms with Gasteiger partial charge in [-0.1, -0.05) is 0 Å². The molecule has 0 spiro atoms. The molecule has 5 heteroatoms. The lowest BCUT2D eigenvalue weighted by Gasteiger charge is -2.11. The maximum atomic E-state index is 10.9. The van der Waals surface area contributed by atoms with Crippen molar-refractivity contribution in [2.75, 3.05) is 19.1 Å². The average molecular weight is 178 g/mol. The van der Waals surface area contributed by atoms with Gasteiger partial charge in [0.2, 0.25) is 0 Å². The number of hydrazine groups is 1. The number of hydrogen-bond acceptors (Lipinski definition) is 5. The Kier molecular flexibility index (Phi) is 6.30. The molecule has 1 atom stereocenters. The van der Waals surface area contributed by atoms with Gasteiger partial charge in [0.25, 0.3) is 0 Å². The van der Waals surface area contributed by atoms with E-state index in [4.69, 9.17) is 5.84 Å². The molecule has 0 aromatic carbocycles. The van der Waals surface area contributed by atoms with Crippen LogP contribution in [0.1, 0.15) is 6.42 Å². The Labute approximate surface area is 70.8 Å². The third-order valence-electron chi connectivity index (χ3n) is 1.30. The molecule has 0 aliphatic heterocycles. The van der Waals surface area contributed by atoms with Crippen LogP contribution in [0.15, 0.2) is 0 Å². The standard InChI is InChI=1S/C6H14N2O2S/c1-10-6(9)5(8-7)3-4-11-2/h5,8H,3-4,7H2,1-2H3/t5-/m0/s1. The van der Waals surface area contributed by atoms with Crippen molar-refractivity contribution in [1.82, 2.24) is 5.43 Å². The summed E-state index contributed by atoms with van der Waals surface area (Å²) in [7, 11) is 1.35. The molecule has 0 radical (unpaired) electrons. The summed E-state index contributed by atoms with van der Waals surface area (Å²) in [5.74, 6) is 5.72. The first-order valence-corrected chi connectivity index (χ1v) is 4.68. The van der Waals surface area contributed by atoms with Crippen LogP contribution >= 0.6 is 11.8 Å². The summed E-state index contributed by atoms with van der Waals surface area (Å²) < 4.78 is 4.51. The molecule has 0 heterocycles. The van der Waals surface area contributed by atoms with Crippen LogP contribution in [0.2, 0.25) is 0 Å². The Hall–Kier alpha value is -0.260. The van der Waals surface area contributed by atoms with E-state index in [0.717, 1.165) is 5.75 Å². The quantitative estimate of drug-likeness (QED) is 0.345. The third kappa shape index (κ3) is 4.23. The van der Waals surface area contributed by atoms with Gasteiger partial charge < -0.3 is 4.74 Å². The molecule has 66 valence electrons. The molecule has 0 saturated heterocycles. The van der Waals surface area contributed by atoms with Gasteiger partial charge in [0, 0.05) is 0 Å². The summed E-state index contributed by atoms with van der Waals surface area (Å²) in [6, 6.07) is -0.368. The number of nitrogens with one attached hydrogen (secondary N) is 1. The third-order valence-corrected chi connectivity index (χ3v) is 1.94. The van der Waals surface area contributed by atoms with Crippen LogP contribution in [0.4, 0.5) is 0 Å². The first-order chi connectivity index (χ1) is 5.26. The van der Waals surface area contributed by atoms with E-state index in [2.05, 4.69) is 10.2 Å². The Morgan fingerprint density at radius 1 is 1.82 bits per heavy atom. The van der Waals surface area contributed by atoms with Crippen LogP contribution < -0.4 is 11.3 Å². The topological polar surface area (TPSA) is 64.3 Å². The second kappa shape index (κ2) is 6.45. The molecule has 0 aromatic heterocycles. The molecular weight excluding hydrogens is 164 g/mol. The molecule has 11 heavy (non-hydrogen) atoms. The maximum Gasteiger partial charge on any atom is 0.324 e. The summed E-state index contributed by atoms with van der Waals surface area (Å²) in [5.41, 5.74) is 2.40. The van der Waals surface area contributed by atoms with Crippen LogP contribution in [-0.4, -0.2) is 31.1 Å². The minimum Gasteiger partial charge on any atom is -0.468 e. The van der Waals surface area contributed by atoms with Gasteiger partial charge >= 0.3 is 5.97 Å². The molecule has 0 amide bonds. The van der Waals surface area contributed by atoms with E-state index in [-0.39, 0.29) is 12.0 Å². The second-order valence-electron chi connectivity index (χ2n) is 2.02. The highest BCUT2D eigenvalue weighted by molar-refractivity contribution is 7.98. The van der Waals surface area contributed by atoms with Gasteiger partial charge in [-0.2, -0.15) is 11.8 Å². The minimum atomic E-state index is -0.368. The highest BCUT2D eigenvalue weighted by atomic mass is 32.2. The number of nitrogens with two attached hydrogens (primary N) is 1. The van der Waals surface area contributed by atoms with Gasteiger partial charge in [0.15, 0.2) is 0 Å². The Morgan fingerprint density at radius 2 is 2.45 bits per heavy atom. The normalized spacial score (nSPS) is 12.6. The van der Waals surface area contributed by atoms with Crippen LogP contribution in [0.3, 0.4) is 0 Å². The van der Waals surface area contributed by atoms with Crippen molar-refractivity contribution in [3.05, 3.63) is 0 Å². The largest absolute Gasteiger partial charge is 0.468 e. The molecule has 0 saturated carbocycles. The number of hydrogen-bond donors (Lipinski definition) is 2. The van der Waals surface area contributed by atoms with Gasteiger partial charge in [-0.15, -0.1) is 0 Å². The lowest BCUT2D eigenvalue weighted by atomic mass is 10.2.